The van der Waals surface area contributed by atoms with Crippen molar-refractivity contribution in [3.05, 3.63) is 35.6 Å². The van der Waals surface area contributed by atoms with E-state index in [0.717, 1.165) is 44.5 Å². The Balaban J connectivity index is 1.45. The number of carbonyl (C=O) groups is 2. The van der Waals surface area contributed by atoms with Crippen molar-refractivity contribution in [2.75, 3.05) is 25.4 Å². The van der Waals surface area contributed by atoms with E-state index >= 15 is 0 Å². The summed E-state index contributed by atoms with van der Waals surface area (Å²) in [5, 5.41) is 0. The van der Waals surface area contributed by atoms with E-state index in [0.29, 0.717) is 18.0 Å². The maximum atomic E-state index is 13.5. The van der Waals surface area contributed by atoms with Crippen LogP contribution in [0.3, 0.4) is 0 Å². The fourth-order valence-electron chi connectivity index (χ4n) is 4.59. The monoisotopic (exact) mass is 376 g/mol. The molecule has 0 aromatic heterocycles. The van der Waals surface area contributed by atoms with Crippen LogP contribution in [0.2, 0.25) is 0 Å². The molecule has 1 saturated carbocycles. The summed E-state index contributed by atoms with van der Waals surface area (Å²) < 4.78 is 13.5. The third-order valence-corrected chi connectivity index (χ3v) is 7.61. The normalized spacial score (nSPS) is 23.0. The summed E-state index contributed by atoms with van der Waals surface area (Å²) in [6.07, 6.45) is 5.99. The molecule has 4 nitrogen and oxygen atoms in total. The summed E-state index contributed by atoms with van der Waals surface area (Å²) in [5.74, 6) is 0.949. The second-order valence-corrected chi connectivity index (χ2v) is 9.03. The molecule has 3 fully saturated rings. The minimum absolute atomic E-state index is 0.0925. The minimum Gasteiger partial charge on any atom is -0.342 e. The van der Waals surface area contributed by atoms with Crippen molar-refractivity contribution in [2.45, 2.75) is 43.4 Å². The zero-order valence-corrected chi connectivity index (χ0v) is 15.8. The molecular weight excluding hydrogens is 351 g/mol. The van der Waals surface area contributed by atoms with Crippen molar-refractivity contribution in [3.8, 4) is 0 Å². The van der Waals surface area contributed by atoms with E-state index in [2.05, 4.69) is 0 Å². The van der Waals surface area contributed by atoms with Crippen LogP contribution >= 0.6 is 11.8 Å². The molecule has 0 radical (unpaired) electrons. The summed E-state index contributed by atoms with van der Waals surface area (Å²) in [5.41, 5.74) is 0.413. The first kappa shape index (κ1) is 17.8. The lowest BCUT2D eigenvalue weighted by Gasteiger charge is -2.44. The van der Waals surface area contributed by atoms with Crippen molar-refractivity contribution >= 4 is 23.6 Å². The fraction of sp³-hybridized carbons (Fsp3) is 0.600. The smallest absolute Gasteiger partial charge is 0.255 e. The Bertz CT molecular complexity index is 697. The van der Waals surface area contributed by atoms with Gasteiger partial charge in [-0.15, -0.1) is 11.8 Å². The zero-order chi connectivity index (χ0) is 18.1. The van der Waals surface area contributed by atoms with E-state index in [-0.39, 0.29) is 22.5 Å². The van der Waals surface area contributed by atoms with E-state index in [1.165, 1.54) is 25.0 Å². The number of hydrogen-bond acceptors (Lipinski definition) is 3. The molecule has 1 aromatic rings. The first-order chi connectivity index (χ1) is 12.6. The Hall–Kier alpha value is -1.56. The number of carbonyl (C=O) groups excluding carboxylic acids is 2. The van der Waals surface area contributed by atoms with Gasteiger partial charge in [-0.2, -0.15) is 0 Å². The zero-order valence-electron chi connectivity index (χ0n) is 15.0. The van der Waals surface area contributed by atoms with Gasteiger partial charge in [0.25, 0.3) is 5.91 Å². The highest BCUT2D eigenvalue weighted by atomic mass is 32.2. The molecular formula is C20H25FN2O2S. The number of hydrogen-bond donors (Lipinski definition) is 0. The van der Waals surface area contributed by atoms with Gasteiger partial charge in [-0.05, 0) is 43.9 Å². The molecule has 2 amide bonds. The average Bonchev–Trinajstić information content (AvgIpc) is 3.32. The van der Waals surface area contributed by atoms with Gasteiger partial charge in [0.2, 0.25) is 5.91 Å². The number of nitrogens with zero attached hydrogens (tertiary/aromatic N) is 2. The molecule has 140 valence electrons. The highest BCUT2D eigenvalue weighted by Crippen LogP contribution is 2.45. The van der Waals surface area contributed by atoms with E-state index in [9.17, 15) is 14.0 Å². The van der Waals surface area contributed by atoms with Gasteiger partial charge in [-0.1, -0.05) is 18.9 Å². The summed E-state index contributed by atoms with van der Waals surface area (Å²) in [6.45, 7) is 2.13. The van der Waals surface area contributed by atoms with E-state index < -0.39 is 0 Å². The van der Waals surface area contributed by atoms with Gasteiger partial charge in [0.1, 0.15) is 5.82 Å². The molecule has 0 N–H and O–H groups in total. The summed E-state index contributed by atoms with van der Waals surface area (Å²) in [4.78, 5) is 29.3. The number of halogens is 1. The Morgan fingerprint density at radius 3 is 2.54 bits per heavy atom. The standard InChI is InChI=1S/C20H25FN2O2S/c21-17-7-3-6-16(14-17)19(25)23-12-13-26-20(23)8-10-22(11-9-20)18(24)15-4-1-2-5-15/h3,6-7,14-15H,1-2,4-5,8-13H2. The van der Waals surface area contributed by atoms with Crippen LogP contribution in [-0.2, 0) is 4.79 Å². The molecule has 3 aliphatic rings. The van der Waals surface area contributed by atoms with Crippen molar-refractivity contribution in [2.24, 2.45) is 5.92 Å². The molecule has 2 saturated heterocycles. The van der Waals surface area contributed by atoms with Crippen LogP contribution in [0.15, 0.2) is 24.3 Å². The first-order valence-electron chi connectivity index (χ1n) is 9.59. The van der Waals surface area contributed by atoms with Crippen molar-refractivity contribution in [1.29, 1.82) is 0 Å². The molecule has 1 aromatic carbocycles. The van der Waals surface area contributed by atoms with Crippen LogP contribution in [0.5, 0.6) is 0 Å². The van der Waals surface area contributed by atoms with Crippen molar-refractivity contribution < 1.29 is 14.0 Å². The van der Waals surface area contributed by atoms with E-state index in [1.54, 1.807) is 12.1 Å². The predicted molar refractivity (Wildman–Crippen MR) is 100 cm³/mol. The molecule has 26 heavy (non-hydrogen) atoms. The number of amides is 2. The highest BCUT2D eigenvalue weighted by Gasteiger charge is 2.47. The molecule has 0 atom stereocenters. The SMILES string of the molecule is O=C(C1CCCC1)N1CCC2(CC1)SCCN2C(=O)c1cccc(F)c1. The highest BCUT2D eigenvalue weighted by molar-refractivity contribution is 8.00. The molecule has 2 heterocycles. The molecule has 2 aliphatic heterocycles. The van der Waals surface area contributed by atoms with Crippen LogP contribution in [0, 0.1) is 11.7 Å². The number of benzene rings is 1. The van der Waals surface area contributed by atoms with Gasteiger partial charge < -0.3 is 9.80 Å². The van der Waals surface area contributed by atoms with Gasteiger partial charge in [-0.25, -0.2) is 4.39 Å². The molecule has 0 bridgehead atoms. The van der Waals surface area contributed by atoms with Crippen LogP contribution < -0.4 is 0 Å². The second-order valence-electron chi connectivity index (χ2n) is 7.57. The van der Waals surface area contributed by atoms with Crippen LogP contribution in [-0.4, -0.2) is 51.9 Å². The molecule has 0 unspecified atom stereocenters. The minimum atomic E-state index is -0.381. The van der Waals surface area contributed by atoms with Crippen LogP contribution in [0.25, 0.3) is 0 Å². The van der Waals surface area contributed by atoms with Crippen LogP contribution in [0.4, 0.5) is 4.39 Å². The van der Waals surface area contributed by atoms with Gasteiger partial charge in [0, 0.05) is 36.9 Å². The number of rotatable bonds is 2. The quantitative estimate of drug-likeness (QED) is 0.793. The largest absolute Gasteiger partial charge is 0.342 e. The van der Waals surface area contributed by atoms with Gasteiger partial charge in [0.05, 0.1) is 4.87 Å². The van der Waals surface area contributed by atoms with Crippen molar-refractivity contribution in [3.63, 3.8) is 0 Å². The maximum Gasteiger partial charge on any atom is 0.255 e. The molecule has 1 spiro atoms. The van der Waals surface area contributed by atoms with E-state index in [1.807, 2.05) is 21.6 Å². The Morgan fingerprint density at radius 1 is 1.12 bits per heavy atom. The lowest BCUT2D eigenvalue weighted by atomic mass is 9.98. The maximum absolute atomic E-state index is 13.5. The number of piperidine rings is 1. The van der Waals surface area contributed by atoms with Gasteiger partial charge in [0.15, 0.2) is 0 Å². The summed E-state index contributed by atoms with van der Waals surface area (Å²) in [6, 6.07) is 5.94. The summed E-state index contributed by atoms with van der Waals surface area (Å²) >= 11 is 1.82. The molecule has 1 aliphatic carbocycles. The molecule has 4 rings (SSSR count). The average molecular weight is 376 g/mol. The molecule has 6 heteroatoms. The third kappa shape index (κ3) is 3.24. The first-order valence-corrected chi connectivity index (χ1v) is 10.6. The van der Waals surface area contributed by atoms with Crippen molar-refractivity contribution in [1.82, 2.24) is 9.80 Å². The Kier molecular flexibility index (Phi) is 4.95. The number of thioether (sulfide) groups is 1. The van der Waals surface area contributed by atoms with Gasteiger partial charge >= 0.3 is 0 Å². The Morgan fingerprint density at radius 2 is 1.85 bits per heavy atom. The predicted octanol–water partition coefficient (Wildman–Crippen LogP) is 3.52. The van der Waals surface area contributed by atoms with Gasteiger partial charge in [-0.3, -0.25) is 9.59 Å². The lowest BCUT2D eigenvalue weighted by molar-refractivity contribution is -0.137. The van der Waals surface area contributed by atoms with Crippen LogP contribution in [0.1, 0.15) is 48.9 Å². The number of likely N-dealkylation sites (tertiary alicyclic amines) is 1. The third-order valence-electron chi connectivity index (χ3n) is 6.06. The summed E-state index contributed by atoms with van der Waals surface area (Å²) in [7, 11) is 0. The topological polar surface area (TPSA) is 40.6 Å². The van der Waals surface area contributed by atoms with E-state index in [4.69, 9.17) is 0 Å². The Labute approximate surface area is 158 Å². The second kappa shape index (κ2) is 7.22. The lowest BCUT2D eigenvalue weighted by Crippen LogP contribution is -2.54. The fourth-order valence-corrected chi connectivity index (χ4v) is 6.05.